The number of benzene rings is 7. The van der Waals surface area contributed by atoms with Gasteiger partial charge in [-0.25, -0.2) is 19.2 Å². The smallest absolute Gasteiger partial charge is 0.338 e. The van der Waals surface area contributed by atoms with Crippen molar-refractivity contribution in [2.75, 3.05) is 20.3 Å². The van der Waals surface area contributed by atoms with Crippen LogP contribution in [-0.4, -0.2) is 106 Å². The Kier molecular flexibility index (Phi) is 19.1. The van der Waals surface area contributed by atoms with Gasteiger partial charge in [-0.2, -0.15) is 0 Å². The highest BCUT2D eigenvalue weighted by Gasteiger charge is 2.57. The molecule has 2 saturated heterocycles. The van der Waals surface area contributed by atoms with E-state index < -0.39 is 91.9 Å². The van der Waals surface area contributed by atoms with E-state index in [1.54, 1.807) is 121 Å². The lowest BCUT2D eigenvalue weighted by Crippen LogP contribution is -2.67. The summed E-state index contributed by atoms with van der Waals surface area (Å²) in [6, 6.07) is 61.3. The van der Waals surface area contributed by atoms with Gasteiger partial charge in [0, 0.05) is 7.11 Å². The van der Waals surface area contributed by atoms with Crippen LogP contribution in [0.3, 0.4) is 0 Å². The van der Waals surface area contributed by atoms with Crippen LogP contribution in [0.4, 0.5) is 0 Å². The fourth-order valence-electron chi connectivity index (χ4n) is 8.92. The molecule has 10 unspecified atom stereocenters. The van der Waals surface area contributed by atoms with Gasteiger partial charge in [0.05, 0.1) is 48.7 Å². The van der Waals surface area contributed by atoms with Crippen molar-refractivity contribution in [2.45, 2.75) is 81.2 Å². The molecule has 2 fully saturated rings. The summed E-state index contributed by atoms with van der Waals surface area (Å²) in [5.41, 5.74) is 3.18. The number of esters is 4. The van der Waals surface area contributed by atoms with E-state index in [1.165, 1.54) is 7.11 Å². The van der Waals surface area contributed by atoms with E-state index >= 15 is 0 Å². The molecule has 0 aliphatic carbocycles. The van der Waals surface area contributed by atoms with Crippen molar-refractivity contribution in [3.8, 4) is 0 Å². The Balaban J connectivity index is 1.16. The lowest BCUT2D eigenvalue weighted by molar-refractivity contribution is -0.365. The highest BCUT2D eigenvalue weighted by Crippen LogP contribution is 2.37. The monoisotopic (exact) mass is 1040 g/mol. The summed E-state index contributed by atoms with van der Waals surface area (Å²) in [6.07, 6.45) is -13.6. The van der Waals surface area contributed by atoms with Crippen LogP contribution >= 0.6 is 0 Å². The molecule has 77 heavy (non-hydrogen) atoms. The Morgan fingerprint density at radius 1 is 0.364 bits per heavy atom. The molecule has 10 atom stereocenters. The summed E-state index contributed by atoms with van der Waals surface area (Å²) in [6.45, 7) is -0.312. The Morgan fingerprint density at radius 3 is 1.18 bits per heavy atom. The van der Waals surface area contributed by atoms with Crippen LogP contribution in [0.5, 0.6) is 0 Å². The van der Waals surface area contributed by atoms with Gasteiger partial charge in [-0.15, -0.1) is 0 Å². The molecule has 15 heteroatoms. The lowest BCUT2D eigenvalue weighted by Gasteiger charge is -2.49. The van der Waals surface area contributed by atoms with Gasteiger partial charge < -0.3 is 52.1 Å². The number of rotatable bonds is 22. The molecule has 7 aromatic carbocycles. The third-order valence-electron chi connectivity index (χ3n) is 12.8. The SMILES string of the molecule is COC1OC(COCc2ccccc2)C(OC2OC(COC(=O)c3ccccc3)C(OC(=O)c3ccccc3)C(OC(=O)c3ccccc3)C2OC(=O)c2ccccc2)C(OCc2ccccc2)C1OCc1ccccc1. The van der Waals surface area contributed by atoms with E-state index in [1.807, 2.05) is 91.0 Å². The van der Waals surface area contributed by atoms with Crippen molar-refractivity contribution in [1.29, 1.82) is 0 Å². The van der Waals surface area contributed by atoms with Gasteiger partial charge in [0.1, 0.15) is 37.1 Å². The molecule has 2 aliphatic heterocycles. The maximum absolute atomic E-state index is 14.5. The van der Waals surface area contributed by atoms with Gasteiger partial charge in [0.25, 0.3) is 0 Å². The minimum atomic E-state index is -1.73. The minimum Gasteiger partial charge on any atom is -0.459 e. The molecular formula is C62H58O15. The average Bonchev–Trinajstić information content (AvgIpc) is 3.49. The number of carbonyl (C=O) groups is 4. The summed E-state index contributed by atoms with van der Waals surface area (Å²) < 4.78 is 71.9. The van der Waals surface area contributed by atoms with E-state index in [2.05, 4.69) is 0 Å². The molecule has 9 rings (SSSR count). The Bertz CT molecular complexity index is 2920. The minimum absolute atomic E-state index is 0.0649. The van der Waals surface area contributed by atoms with Crippen LogP contribution < -0.4 is 0 Å². The predicted molar refractivity (Wildman–Crippen MR) is 279 cm³/mol. The fourth-order valence-corrected chi connectivity index (χ4v) is 8.92. The molecule has 0 spiro atoms. The van der Waals surface area contributed by atoms with Crippen LogP contribution in [0.1, 0.15) is 58.1 Å². The van der Waals surface area contributed by atoms with Crippen molar-refractivity contribution >= 4 is 23.9 Å². The number of hydrogen-bond donors (Lipinski definition) is 0. The lowest BCUT2D eigenvalue weighted by atomic mass is 9.95. The van der Waals surface area contributed by atoms with Crippen LogP contribution in [0.15, 0.2) is 212 Å². The van der Waals surface area contributed by atoms with E-state index in [4.69, 9.17) is 52.1 Å². The van der Waals surface area contributed by atoms with Crippen molar-refractivity contribution in [2.24, 2.45) is 0 Å². The van der Waals surface area contributed by atoms with Crippen LogP contribution in [0, 0.1) is 0 Å². The normalized spacial score (nSPS) is 23.0. The van der Waals surface area contributed by atoms with Crippen LogP contribution in [0.2, 0.25) is 0 Å². The molecule has 7 aromatic rings. The average molecular weight is 1040 g/mol. The topological polar surface area (TPSA) is 170 Å². The molecule has 396 valence electrons. The molecule has 0 saturated carbocycles. The second-order valence-electron chi connectivity index (χ2n) is 18.1. The van der Waals surface area contributed by atoms with Gasteiger partial charge in [0.15, 0.2) is 30.9 Å². The Hall–Kier alpha value is -7.86. The highest BCUT2D eigenvalue weighted by molar-refractivity contribution is 5.91. The van der Waals surface area contributed by atoms with E-state index in [9.17, 15) is 19.2 Å². The third kappa shape index (κ3) is 14.5. The van der Waals surface area contributed by atoms with Gasteiger partial charge in [-0.3, -0.25) is 0 Å². The van der Waals surface area contributed by atoms with Gasteiger partial charge in [-0.05, 0) is 65.2 Å². The maximum Gasteiger partial charge on any atom is 0.338 e. The Labute approximate surface area is 446 Å². The number of carbonyl (C=O) groups excluding carboxylic acids is 4. The summed E-state index contributed by atoms with van der Waals surface area (Å²) in [7, 11) is 1.49. The van der Waals surface area contributed by atoms with Gasteiger partial charge >= 0.3 is 23.9 Å². The van der Waals surface area contributed by atoms with Crippen LogP contribution in [-0.2, 0) is 71.9 Å². The quantitative estimate of drug-likeness (QED) is 0.0464. The summed E-state index contributed by atoms with van der Waals surface area (Å²) >= 11 is 0. The molecule has 15 nitrogen and oxygen atoms in total. The maximum atomic E-state index is 14.5. The predicted octanol–water partition coefficient (Wildman–Crippen LogP) is 9.39. The largest absolute Gasteiger partial charge is 0.459 e. The molecule has 0 amide bonds. The van der Waals surface area contributed by atoms with Gasteiger partial charge in [0.2, 0.25) is 0 Å². The Morgan fingerprint density at radius 2 is 0.727 bits per heavy atom. The summed E-state index contributed by atoms with van der Waals surface area (Å²) in [5, 5.41) is 0. The van der Waals surface area contributed by atoms with Crippen molar-refractivity contribution in [3.05, 3.63) is 251 Å². The second-order valence-corrected chi connectivity index (χ2v) is 18.1. The number of hydrogen-bond acceptors (Lipinski definition) is 15. The zero-order valence-electron chi connectivity index (χ0n) is 42.1. The molecule has 0 aromatic heterocycles. The van der Waals surface area contributed by atoms with E-state index in [0.717, 1.165) is 16.7 Å². The van der Waals surface area contributed by atoms with Crippen LogP contribution in [0.25, 0.3) is 0 Å². The first-order chi connectivity index (χ1) is 37.8. The molecular weight excluding hydrogens is 985 g/mol. The first-order valence-corrected chi connectivity index (χ1v) is 25.2. The molecule has 2 heterocycles. The zero-order valence-corrected chi connectivity index (χ0v) is 42.1. The van der Waals surface area contributed by atoms with Crippen molar-refractivity contribution < 1.29 is 71.3 Å². The summed E-state index contributed by atoms with van der Waals surface area (Å²) in [5.74, 6) is -3.31. The third-order valence-corrected chi connectivity index (χ3v) is 12.8. The molecule has 0 radical (unpaired) electrons. The first kappa shape index (κ1) is 53.9. The molecule has 0 N–H and O–H groups in total. The molecule has 2 aliphatic rings. The standard InChI is InChI=1S/C62H58O15/c1-67-61-55(70-39-44-27-13-4-14-28-44)53(69-38-43-25-11-3-12-26-43)51(49(72-61)40-68-37-42-23-9-2-10-24-42)77-62-56(76-60(66)48-35-21-8-22-36-48)54(75-59(65)47-33-19-7-20-34-47)52(74-58(64)46-31-17-6-18-32-46)50(73-62)41-71-57(63)45-29-15-5-16-30-45/h2-36,49-56,61-62H,37-41H2,1H3. The van der Waals surface area contributed by atoms with Gasteiger partial charge in [-0.1, -0.05) is 164 Å². The van der Waals surface area contributed by atoms with E-state index in [-0.39, 0.29) is 48.7 Å². The van der Waals surface area contributed by atoms with Crippen molar-refractivity contribution in [1.82, 2.24) is 0 Å². The fraction of sp³-hybridized carbons (Fsp3) is 0.258. The zero-order chi connectivity index (χ0) is 53.2. The summed E-state index contributed by atoms with van der Waals surface area (Å²) in [4.78, 5) is 57.0. The second kappa shape index (κ2) is 27.3. The number of methoxy groups -OCH3 is 1. The number of ether oxygens (including phenoxy) is 11. The highest BCUT2D eigenvalue weighted by atomic mass is 16.8. The molecule has 0 bridgehead atoms. The first-order valence-electron chi connectivity index (χ1n) is 25.2. The van der Waals surface area contributed by atoms with E-state index in [0.29, 0.717) is 0 Å². The van der Waals surface area contributed by atoms with Crippen molar-refractivity contribution in [3.63, 3.8) is 0 Å².